The Kier molecular flexibility index (Phi) is 5.62. The van der Waals surface area contributed by atoms with E-state index < -0.39 is 10.0 Å². The van der Waals surface area contributed by atoms with Crippen molar-refractivity contribution in [2.24, 2.45) is 0 Å². The summed E-state index contributed by atoms with van der Waals surface area (Å²) in [5.74, 6) is -0.191. The number of carbonyl (C=O) groups excluding carboxylic acids is 1. The van der Waals surface area contributed by atoms with E-state index in [-0.39, 0.29) is 12.5 Å². The number of sulfonamides is 1. The van der Waals surface area contributed by atoms with Crippen molar-refractivity contribution in [3.8, 4) is 0 Å². The molecule has 0 unspecified atom stereocenters. The molecular formula is C28H26N2O3S. The van der Waals surface area contributed by atoms with Gasteiger partial charge in [-0.25, -0.2) is 8.42 Å². The molecule has 0 saturated carbocycles. The van der Waals surface area contributed by atoms with Crippen LogP contribution in [0.4, 0.5) is 11.4 Å². The van der Waals surface area contributed by atoms with Crippen LogP contribution in [-0.2, 0) is 29.4 Å². The molecule has 6 heteroatoms. The van der Waals surface area contributed by atoms with Gasteiger partial charge in [0, 0.05) is 16.6 Å². The van der Waals surface area contributed by atoms with Crippen LogP contribution < -0.4 is 9.62 Å². The Morgan fingerprint density at radius 3 is 2.32 bits per heavy atom. The van der Waals surface area contributed by atoms with Gasteiger partial charge in [0.25, 0.3) is 5.91 Å². The average molecular weight is 471 g/mol. The molecule has 0 aromatic heterocycles. The van der Waals surface area contributed by atoms with E-state index in [0.29, 0.717) is 11.3 Å². The van der Waals surface area contributed by atoms with E-state index in [1.165, 1.54) is 27.1 Å². The van der Waals surface area contributed by atoms with E-state index in [1.54, 1.807) is 30.3 Å². The molecule has 172 valence electrons. The Bertz CT molecular complexity index is 1500. The van der Waals surface area contributed by atoms with Gasteiger partial charge >= 0.3 is 0 Å². The topological polar surface area (TPSA) is 66.5 Å². The molecule has 1 amide bonds. The summed E-state index contributed by atoms with van der Waals surface area (Å²) in [7, 11) is -3.47. The van der Waals surface area contributed by atoms with Gasteiger partial charge in [-0.15, -0.1) is 0 Å². The van der Waals surface area contributed by atoms with E-state index in [4.69, 9.17) is 0 Å². The number of anilines is 2. The Morgan fingerprint density at radius 2 is 1.62 bits per heavy atom. The van der Waals surface area contributed by atoms with Crippen LogP contribution in [-0.4, -0.2) is 20.6 Å². The lowest BCUT2D eigenvalue weighted by Gasteiger charge is -2.23. The van der Waals surface area contributed by atoms with Crippen molar-refractivity contribution in [3.05, 3.63) is 107 Å². The summed E-state index contributed by atoms with van der Waals surface area (Å²) in [4.78, 5) is 13.0. The minimum Gasteiger partial charge on any atom is -0.321 e. The molecule has 1 aliphatic carbocycles. The maximum atomic E-state index is 13.0. The molecule has 5 rings (SSSR count). The predicted octanol–water partition coefficient (Wildman–Crippen LogP) is 5.47. The highest BCUT2D eigenvalue weighted by atomic mass is 32.2. The Hall–Kier alpha value is -3.64. The van der Waals surface area contributed by atoms with Crippen LogP contribution in [0.5, 0.6) is 0 Å². The van der Waals surface area contributed by atoms with E-state index in [2.05, 4.69) is 23.5 Å². The first-order chi connectivity index (χ1) is 16.3. The Balaban J connectivity index is 1.36. The lowest BCUT2D eigenvalue weighted by molar-refractivity contribution is 0.102. The summed E-state index contributed by atoms with van der Waals surface area (Å²) >= 11 is 0. The number of hydrogen-bond acceptors (Lipinski definition) is 3. The van der Waals surface area contributed by atoms with E-state index in [0.717, 1.165) is 35.0 Å². The smallest absolute Gasteiger partial charge is 0.255 e. The average Bonchev–Trinajstić information content (AvgIpc) is 3.23. The highest BCUT2D eigenvalue weighted by molar-refractivity contribution is 7.92. The highest BCUT2D eigenvalue weighted by Gasteiger charge is 2.19. The molecular weight excluding hydrogens is 444 g/mol. The summed E-state index contributed by atoms with van der Waals surface area (Å²) in [6, 6.07) is 24.8. The molecule has 4 aromatic rings. The van der Waals surface area contributed by atoms with Crippen LogP contribution in [0, 0.1) is 6.92 Å². The standard InChI is InChI=1S/C28H26N2O3S/c1-19-5-3-7-24(17-19)30(34(2,32)33)18-20-9-11-23(12-10-20)28(31)29-26-16-15-22-14-13-21-6-4-8-25(26)27(21)22/h3-12,15-17H,13-14,18H2,1-2H3,(H,29,31). The number of nitrogens with zero attached hydrogens (tertiary/aromatic N) is 1. The molecule has 34 heavy (non-hydrogen) atoms. The molecule has 0 radical (unpaired) electrons. The first-order valence-electron chi connectivity index (χ1n) is 11.3. The van der Waals surface area contributed by atoms with Crippen molar-refractivity contribution < 1.29 is 13.2 Å². The SMILES string of the molecule is Cc1cccc(N(Cc2ccc(C(=O)Nc3ccc4c5c(cccc35)CC4)cc2)S(C)(=O)=O)c1. The lowest BCUT2D eigenvalue weighted by Crippen LogP contribution is -2.29. The number of hydrogen-bond donors (Lipinski definition) is 1. The molecule has 5 nitrogen and oxygen atoms in total. The largest absolute Gasteiger partial charge is 0.321 e. The first-order valence-corrected chi connectivity index (χ1v) is 13.1. The van der Waals surface area contributed by atoms with Crippen LogP contribution in [0.15, 0.2) is 78.9 Å². The minimum atomic E-state index is -3.47. The molecule has 0 aliphatic heterocycles. The van der Waals surface area contributed by atoms with Gasteiger partial charge in [0.2, 0.25) is 10.0 Å². The van der Waals surface area contributed by atoms with Crippen molar-refractivity contribution in [1.82, 2.24) is 0 Å². The van der Waals surface area contributed by atoms with Crippen LogP contribution in [0.25, 0.3) is 10.8 Å². The normalized spacial score (nSPS) is 12.6. The van der Waals surface area contributed by atoms with Crippen molar-refractivity contribution in [1.29, 1.82) is 0 Å². The minimum absolute atomic E-state index is 0.191. The van der Waals surface area contributed by atoms with Crippen molar-refractivity contribution >= 4 is 38.1 Å². The van der Waals surface area contributed by atoms with Gasteiger partial charge in [-0.3, -0.25) is 9.10 Å². The maximum absolute atomic E-state index is 13.0. The molecule has 0 fully saturated rings. The summed E-state index contributed by atoms with van der Waals surface area (Å²) < 4.78 is 26.3. The van der Waals surface area contributed by atoms with E-state index in [9.17, 15) is 13.2 Å². The van der Waals surface area contributed by atoms with Crippen LogP contribution in [0.1, 0.15) is 32.6 Å². The molecule has 0 heterocycles. The maximum Gasteiger partial charge on any atom is 0.255 e. The fourth-order valence-electron chi connectivity index (χ4n) is 4.66. The van der Waals surface area contributed by atoms with Gasteiger partial charge in [-0.05, 0) is 77.7 Å². The summed E-state index contributed by atoms with van der Waals surface area (Å²) in [6.07, 6.45) is 3.28. The van der Waals surface area contributed by atoms with Gasteiger partial charge in [-0.2, -0.15) is 0 Å². The molecule has 0 saturated heterocycles. The monoisotopic (exact) mass is 470 g/mol. The summed E-state index contributed by atoms with van der Waals surface area (Å²) in [6.45, 7) is 2.12. The number of benzene rings is 4. The fourth-order valence-corrected chi connectivity index (χ4v) is 5.54. The fraction of sp³-hybridized carbons (Fsp3) is 0.179. The molecule has 1 N–H and O–H groups in total. The number of carbonyl (C=O) groups is 1. The Labute approximate surface area is 200 Å². The van der Waals surface area contributed by atoms with Crippen LogP contribution in [0.2, 0.25) is 0 Å². The summed E-state index contributed by atoms with van der Waals surface area (Å²) in [5.41, 5.74) is 6.40. The van der Waals surface area contributed by atoms with Crippen LogP contribution >= 0.6 is 0 Å². The van der Waals surface area contributed by atoms with Gasteiger partial charge in [0.15, 0.2) is 0 Å². The highest BCUT2D eigenvalue weighted by Crippen LogP contribution is 2.35. The molecule has 1 aliphatic rings. The first kappa shape index (κ1) is 22.2. The van der Waals surface area contributed by atoms with Crippen molar-refractivity contribution in [3.63, 3.8) is 0 Å². The summed E-state index contributed by atoms with van der Waals surface area (Å²) in [5, 5.41) is 5.38. The second-order valence-corrected chi connectivity index (χ2v) is 10.8. The third-order valence-electron chi connectivity index (χ3n) is 6.36. The third kappa shape index (κ3) is 4.29. The lowest BCUT2D eigenvalue weighted by atomic mass is 10.0. The zero-order valence-electron chi connectivity index (χ0n) is 19.2. The number of amides is 1. The third-order valence-corrected chi connectivity index (χ3v) is 7.50. The van der Waals surface area contributed by atoms with Gasteiger partial charge in [0.05, 0.1) is 18.5 Å². The zero-order chi connectivity index (χ0) is 23.9. The molecule has 0 atom stereocenters. The number of rotatable bonds is 6. The molecule has 0 bridgehead atoms. The molecule has 4 aromatic carbocycles. The number of nitrogens with one attached hydrogen (secondary N) is 1. The number of aryl methyl sites for hydroxylation is 3. The van der Waals surface area contributed by atoms with Gasteiger partial charge < -0.3 is 5.32 Å². The second kappa shape index (κ2) is 8.61. The molecule has 0 spiro atoms. The van der Waals surface area contributed by atoms with Crippen LogP contribution in [0.3, 0.4) is 0 Å². The quantitative estimate of drug-likeness (QED) is 0.407. The van der Waals surface area contributed by atoms with Crippen molar-refractivity contribution in [2.75, 3.05) is 15.9 Å². The van der Waals surface area contributed by atoms with Gasteiger partial charge in [0.1, 0.15) is 0 Å². The zero-order valence-corrected chi connectivity index (χ0v) is 20.0. The van der Waals surface area contributed by atoms with Crippen molar-refractivity contribution in [2.45, 2.75) is 26.3 Å². The Morgan fingerprint density at radius 1 is 0.912 bits per heavy atom. The predicted molar refractivity (Wildman–Crippen MR) is 138 cm³/mol. The van der Waals surface area contributed by atoms with E-state index in [1.807, 2.05) is 37.3 Å². The van der Waals surface area contributed by atoms with Gasteiger partial charge in [-0.1, -0.05) is 48.5 Å². The van der Waals surface area contributed by atoms with E-state index >= 15 is 0 Å². The second-order valence-electron chi connectivity index (χ2n) is 8.87.